The maximum Gasteiger partial charge on any atom is 0.268 e. The number of halogens is 2. The Balaban J connectivity index is 1.60. The summed E-state index contributed by atoms with van der Waals surface area (Å²) < 4.78 is 0.970. The highest BCUT2D eigenvalue weighted by Gasteiger charge is 2.11. The predicted molar refractivity (Wildman–Crippen MR) is 103 cm³/mol. The molecule has 0 aliphatic heterocycles. The second-order valence-electron chi connectivity index (χ2n) is 5.61. The number of H-pyrrole nitrogens is 1. The molecule has 0 aliphatic carbocycles. The van der Waals surface area contributed by atoms with Gasteiger partial charge in [0.25, 0.3) is 5.91 Å². The zero-order valence-corrected chi connectivity index (χ0v) is 15.7. The van der Waals surface area contributed by atoms with Crippen molar-refractivity contribution in [2.75, 3.05) is 11.9 Å². The lowest BCUT2D eigenvalue weighted by Crippen LogP contribution is -2.33. The number of hydrogen-bond donors (Lipinski definition) is 3. The summed E-state index contributed by atoms with van der Waals surface area (Å²) in [5.74, 6) is -0.649. The van der Waals surface area contributed by atoms with E-state index in [2.05, 4.69) is 31.5 Å². The van der Waals surface area contributed by atoms with E-state index < -0.39 is 0 Å². The van der Waals surface area contributed by atoms with Crippen LogP contribution in [0.15, 0.2) is 46.9 Å². The third-order valence-electron chi connectivity index (χ3n) is 3.68. The summed E-state index contributed by atoms with van der Waals surface area (Å²) in [6, 6.07) is 12.6. The van der Waals surface area contributed by atoms with Crippen molar-refractivity contribution in [2.24, 2.45) is 0 Å². The minimum absolute atomic E-state index is 0.121. The van der Waals surface area contributed by atoms with Crippen LogP contribution in [0.3, 0.4) is 0 Å². The molecule has 3 aromatic rings. The lowest BCUT2D eigenvalue weighted by molar-refractivity contribution is -0.115. The Kier molecular flexibility index (Phi) is 5.11. The van der Waals surface area contributed by atoms with Crippen LogP contribution in [0.25, 0.3) is 10.9 Å². The van der Waals surface area contributed by atoms with E-state index in [-0.39, 0.29) is 18.4 Å². The summed E-state index contributed by atoms with van der Waals surface area (Å²) in [5, 5.41) is 6.81. The van der Waals surface area contributed by atoms with Gasteiger partial charge in [0.2, 0.25) is 5.91 Å². The maximum atomic E-state index is 12.2. The number of aromatic nitrogens is 1. The first-order chi connectivity index (χ1) is 11.9. The summed E-state index contributed by atoms with van der Waals surface area (Å²) in [4.78, 5) is 27.2. The van der Waals surface area contributed by atoms with Crippen LogP contribution < -0.4 is 10.6 Å². The molecule has 0 spiro atoms. The van der Waals surface area contributed by atoms with E-state index in [4.69, 9.17) is 11.6 Å². The average Bonchev–Trinajstić information content (AvgIpc) is 2.99. The van der Waals surface area contributed by atoms with Gasteiger partial charge in [0.1, 0.15) is 5.69 Å². The van der Waals surface area contributed by atoms with Gasteiger partial charge < -0.3 is 15.6 Å². The molecule has 1 heterocycles. The van der Waals surface area contributed by atoms with Crippen LogP contribution >= 0.6 is 27.5 Å². The number of aromatic amines is 1. The number of carbonyl (C=O) groups excluding carboxylic acids is 2. The van der Waals surface area contributed by atoms with Crippen LogP contribution in [0.2, 0.25) is 5.02 Å². The first kappa shape index (κ1) is 17.5. The first-order valence-corrected chi connectivity index (χ1v) is 8.72. The summed E-state index contributed by atoms with van der Waals surface area (Å²) in [6.07, 6.45) is 0. The number of benzene rings is 2. The minimum Gasteiger partial charge on any atom is -0.350 e. The van der Waals surface area contributed by atoms with Crippen LogP contribution in [-0.2, 0) is 4.79 Å². The molecule has 3 N–H and O–H groups in total. The summed E-state index contributed by atoms with van der Waals surface area (Å²) in [5.41, 5.74) is 2.84. The number of nitrogens with one attached hydrogen (secondary N) is 3. The van der Waals surface area contributed by atoms with E-state index in [1.54, 1.807) is 24.3 Å². The van der Waals surface area contributed by atoms with Crippen molar-refractivity contribution in [3.8, 4) is 0 Å². The second-order valence-corrected chi connectivity index (χ2v) is 6.90. The Morgan fingerprint density at radius 3 is 2.72 bits per heavy atom. The SMILES string of the molecule is Cc1cc(NC(=O)CNC(=O)c2cc3ccc(Cl)cc3[nH]2)ccc1Br. The molecule has 0 saturated heterocycles. The van der Waals surface area contributed by atoms with Crippen LogP contribution in [0.5, 0.6) is 0 Å². The van der Waals surface area contributed by atoms with Crippen LogP contribution in [0.4, 0.5) is 5.69 Å². The van der Waals surface area contributed by atoms with Crippen molar-refractivity contribution in [2.45, 2.75) is 6.92 Å². The van der Waals surface area contributed by atoms with Crippen molar-refractivity contribution in [1.29, 1.82) is 0 Å². The summed E-state index contributed by atoms with van der Waals surface area (Å²) in [7, 11) is 0. The van der Waals surface area contributed by atoms with Crippen LogP contribution in [0.1, 0.15) is 16.1 Å². The fourth-order valence-corrected chi connectivity index (χ4v) is 2.82. The number of hydrogen-bond acceptors (Lipinski definition) is 2. The number of carbonyl (C=O) groups is 2. The normalized spacial score (nSPS) is 10.7. The molecule has 0 atom stereocenters. The molecule has 0 unspecified atom stereocenters. The molecule has 0 fully saturated rings. The number of anilines is 1. The maximum absolute atomic E-state index is 12.2. The van der Waals surface area contributed by atoms with Gasteiger partial charge in [0.15, 0.2) is 0 Å². The highest BCUT2D eigenvalue weighted by molar-refractivity contribution is 9.10. The highest BCUT2D eigenvalue weighted by atomic mass is 79.9. The Morgan fingerprint density at radius 1 is 1.16 bits per heavy atom. The fraction of sp³-hybridized carbons (Fsp3) is 0.111. The lowest BCUT2D eigenvalue weighted by atomic mass is 10.2. The Labute approximate surface area is 157 Å². The second kappa shape index (κ2) is 7.29. The Hall–Kier alpha value is -2.31. The van der Waals surface area contributed by atoms with E-state index in [9.17, 15) is 9.59 Å². The molecule has 25 heavy (non-hydrogen) atoms. The molecule has 0 radical (unpaired) electrons. The molecule has 7 heteroatoms. The molecule has 0 aliphatic rings. The molecule has 1 aromatic heterocycles. The van der Waals surface area contributed by atoms with Crippen molar-refractivity contribution >= 4 is 55.9 Å². The summed E-state index contributed by atoms with van der Waals surface area (Å²) >= 11 is 9.34. The number of amides is 2. The zero-order valence-electron chi connectivity index (χ0n) is 13.3. The summed E-state index contributed by atoms with van der Waals surface area (Å²) in [6.45, 7) is 1.81. The first-order valence-electron chi connectivity index (χ1n) is 7.55. The molecule has 0 saturated carbocycles. The van der Waals surface area contributed by atoms with Crippen molar-refractivity contribution in [3.05, 3.63) is 63.2 Å². The number of aryl methyl sites for hydroxylation is 1. The zero-order chi connectivity index (χ0) is 18.0. The molecule has 128 valence electrons. The van der Waals surface area contributed by atoms with Crippen LogP contribution in [-0.4, -0.2) is 23.3 Å². The fourth-order valence-electron chi connectivity index (χ4n) is 2.41. The minimum atomic E-state index is -0.352. The van der Waals surface area contributed by atoms with Gasteiger partial charge in [-0.1, -0.05) is 33.6 Å². The van der Waals surface area contributed by atoms with Gasteiger partial charge in [0.05, 0.1) is 6.54 Å². The van der Waals surface area contributed by atoms with E-state index in [1.165, 1.54) is 0 Å². The van der Waals surface area contributed by atoms with Gasteiger partial charge >= 0.3 is 0 Å². The third-order valence-corrected chi connectivity index (χ3v) is 4.81. The van der Waals surface area contributed by atoms with Crippen molar-refractivity contribution in [1.82, 2.24) is 10.3 Å². The largest absolute Gasteiger partial charge is 0.350 e. The standard InChI is InChI=1S/C18H15BrClN3O2/c1-10-6-13(4-5-14(10)19)22-17(24)9-21-18(25)16-7-11-2-3-12(20)8-15(11)23-16/h2-8,23H,9H2,1H3,(H,21,25)(H,22,24). The molecule has 0 bridgehead atoms. The smallest absolute Gasteiger partial charge is 0.268 e. The van der Waals surface area contributed by atoms with Crippen molar-refractivity contribution < 1.29 is 9.59 Å². The average molecular weight is 421 g/mol. The van der Waals surface area contributed by atoms with E-state index >= 15 is 0 Å². The van der Waals surface area contributed by atoms with Gasteiger partial charge in [-0.3, -0.25) is 9.59 Å². The number of fused-ring (bicyclic) bond motifs is 1. The van der Waals surface area contributed by atoms with Gasteiger partial charge in [-0.25, -0.2) is 0 Å². The van der Waals surface area contributed by atoms with E-state index in [0.717, 1.165) is 20.9 Å². The molecule has 3 rings (SSSR count). The lowest BCUT2D eigenvalue weighted by Gasteiger charge is -2.08. The van der Waals surface area contributed by atoms with Gasteiger partial charge in [-0.15, -0.1) is 0 Å². The Bertz CT molecular complexity index is 968. The third kappa shape index (κ3) is 4.21. The van der Waals surface area contributed by atoms with E-state index in [1.807, 2.05) is 25.1 Å². The molecule has 2 amide bonds. The topological polar surface area (TPSA) is 74.0 Å². The Morgan fingerprint density at radius 2 is 1.96 bits per heavy atom. The predicted octanol–water partition coefficient (Wildman–Crippen LogP) is 4.26. The van der Waals surface area contributed by atoms with E-state index in [0.29, 0.717) is 16.4 Å². The highest BCUT2D eigenvalue weighted by Crippen LogP contribution is 2.21. The molecular weight excluding hydrogens is 406 g/mol. The molecule has 2 aromatic carbocycles. The van der Waals surface area contributed by atoms with Gasteiger partial charge in [0, 0.05) is 26.1 Å². The van der Waals surface area contributed by atoms with Crippen LogP contribution in [0, 0.1) is 6.92 Å². The quantitative estimate of drug-likeness (QED) is 0.590. The van der Waals surface area contributed by atoms with Crippen molar-refractivity contribution in [3.63, 3.8) is 0 Å². The van der Waals surface area contributed by atoms with Gasteiger partial charge in [-0.05, 0) is 48.9 Å². The number of rotatable bonds is 4. The molecule has 5 nitrogen and oxygen atoms in total. The monoisotopic (exact) mass is 419 g/mol. The van der Waals surface area contributed by atoms with Gasteiger partial charge in [-0.2, -0.15) is 0 Å². The molecular formula is C18H15BrClN3O2.